The quantitative estimate of drug-likeness (QED) is 0.512. The fourth-order valence-electron chi connectivity index (χ4n) is 4.32. The summed E-state index contributed by atoms with van der Waals surface area (Å²) in [4.78, 5) is 15.0. The Morgan fingerprint density at radius 3 is 2.47 bits per heavy atom. The Hall–Kier alpha value is -3.22. The van der Waals surface area contributed by atoms with Gasteiger partial charge in [0, 0.05) is 12.2 Å². The van der Waals surface area contributed by atoms with E-state index >= 15 is 0 Å². The number of nitrogens with zero attached hydrogens (tertiary/aromatic N) is 1. The summed E-state index contributed by atoms with van der Waals surface area (Å²) in [6, 6.07) is 21.1. The molecule has 1 heterocycles. The lowest BCUT2D eigenvalue weighted by atomic mass is 9.78. The number of anilines is 1. The number of carbonyl (C=O) groups excluding carboxylic acids is 1. The molecule has 1 saturated heterocycles. The van der Waals surface area contributed by atoms with Crippen LogP contribution in [0.2, 0.25) is 0 Å². The van der Waals surface area contributed by atoms with Crippen molar-refractivity contribution in [3.05, 3.63) is 95.3 Å². The predicted octanol–water partition coefficient (Wildman–Crippen LogP) is 4.51. The maximum absolute atomic E-state index is 13.2. The fourth-order valence-corrected chi connectivity index (χ4v) is 4.32. The standard InChI is InChI=1S/C26H27FN2O3/c1-32-22-11-7-19(8-12-22)25-23(13-14-24(30)18-5-9-20(27)10-6-18)26(31)29(25)21-4-2-3-17(15-21)16-28/h2-12,15,23-25,30H,13-14,16,28H2,1H3. The Labute approximate surface area is 187 Å². The second-order valence-corrected chi connectivity index (χ2v) is 8.05. The molecule has 166 valence electrons. The fraction of sp³-hybridized carbons (Fsp3) is 0.269. The third-order valence-corrected chi connectivity index (χ3v) is 6.10. The number of rotatable bonds is 8. The normalized spacial score (nSPS) is 18.9. The van der Waals surface area contributed by atoms with Crippen LogP contribution < -0.4 is 15.4 Å². The number of halogens is 1. The van der Waals surface area contributed by atoms with E-state index in [2.05, 4.69) is 0 Å². The van der Waals surface area contributed by atoms with Crippen LogP contribution in [0.25, 0.3) is 0 Å². The van der Waals surface area contributed by atoms with Crippen molar-refractivity contribution in [3.63, 3.8) is 0 Å². The zero-order valence-corrected chi connectivity index (χ0v) is 17.9. The molecule has 3 atom stereocenters. The Kier molecular flexibility index (Phi) is 6.53. The van der Waals surface area contributed by atoms with Crippen molar-refractivity contribution in [2.75, 3.05) is 12.0 Å². The molecule has 0 spiro atoms. The molecule has 32 heavy (non-hydrogen) atoms. The third-order valence-electron chi connectivity index (χ3n) is 6.10. The van der Waals surface area contributed by atoms with E-state index in [1.54, 1.807) is 24.1 Å². The molecule has 3 unspecified atom stereocenters. The van der Waals surface area contributed by atoms with E-state index in [9.17, 15) is 14.3 Å². The van der Waals surface area contributed by atoms with Crippen molar-refractivity contribution >= 4 is 11.6 Å². The number of methoxy groups -OCH3 is 1. The molecule has 4 rings (SSSR count). The number of nitrogens with two attached hydrogens (primary N) is 1. The van der Waals surface area contributed by atoms with Crippen LogP contribution in [0.5, 0.6) is 5.75 Å². The first-order chi connectivity index (χ1) is 15.5. The van der Waals surface area contributed by atoms with Crippen LogP contribution in [0.15, 0.2) is 72.8 Å². The first-order valence-corrected chi connectivity index (χ1v) is 10.7. The lowest BCUT2D eigenvalue weighted by molar-refractivity contribution is -0.131. The average Bonchev–Trinajstić information content (AvgIpc) is 2.83. The van der Waals surface area contributed by atoms with Gasteiger partial charge in [-0.05, 0) is 65.9 Å². The summed E-state index contributed by atoms with van der Waals surface area (Å²) in [7, 11) is 1.62. The zero-order chi connectivity index (χ0) is 22.7. The molecule has 0 aliphatic carbocycles. The summed E-state index contributed by atoms with van der Waals surface area (Å²) in [6.45, 7) is 0.399. The number of hydrogen-bond donors (Lipinski definition) is 2. The van der Waals surface area contributed by atoms with E-state index in [1.807, 2.05) is 48.5 Å². The number of β-lactam (4-membered cyclic amide) rings is 1. The van der Waals surface area contributed by atoms with Gasteiger partial charge in [-0.25, -0.2) is 4.39 Å². The number of aliphatic hydroxyl groups excluding tert-OH is 1. The minimum Gasteiger partial charge on any atom is -0.497 e. The van der Waals surface area contributed by atoms with Gasteiger partial charge in [-0.1, -0.05) is 36.4 Å². The molecule has 1 aliphatic heterocycles. The summed E-state index contributed by atoms with van der Waals surface area (Å²) >= 11 is 0. The van der Waals surface area contributed by atoms with Gasteiger partial charge in [0.05, 0.1) is 25.2 Å². The van der Waals surface area contributed by atoms with Gasteiger partial charge in [0.25, 0.3) is 0 Å². The molecule has 3 N–H and O–H groups in total. The van der Waals surface area contributed by atoms with Crippen LogP contribution in [-0.4, -0.2) is 18.1 Å². The molecule has 0 aromatic heterocycles. The van der Waals surface area contributed by atoms with Crippen LogP contribution in [0, 0.1) is 11.7 Å². The molecule has 0 bridgehead atoms. The summed E-state index contributed by atoms with van der Waals surface area (Å²) in [6.07, 6.45) is 0.168. The molecule has 5 nitrogen and oxygen atoms in total. The molecule has 0 radical (unpaired) electrons. The maximum Gasteiger partial charge on any atom is 0.233 e. The second-order valence-electron chi connectivity index (χ2n) is 8.05. The van der Waals surface area contributed by atoms with E-state index in [0.29, 0.717) is 24.9 Å². The largest absolute Gasteiger partial charge is 0.497 e. The second kappa shape index (κ2) is 9.51. The van der Waals surface area contributed by atoms with Gasteiger partial charge in [0.15, 0.2) is 0 Å². The van der Waals surface area contributed by atoms with Gasteiger partial charge in [0.2, 0.25) is 5.91 Å². The van der Waals surface area contributed by atoms with Crippen molar-refractivity contribution in [3.8, 4) is 5.75 Å². The molecule has 1 amide bonds. The van der Waals surface area contributed by atoms with Crippen LogP contribution in [0.4, 0.5) is 10.1 Å². The van der Waals surface area contributed by atoms with Gasteiger partial charge in [-0.15, -0.1) is 0 Å². The minimum absolute atomic E-state index is 0.0197. The summed E-state index contributed by atoms with van der Waals surface area (Å²) in [5, 5.41) is 10.6. The Bertz CT molecular complexity index is 1070. The number of amides is 1. The number of hydrogen-bond acceptors (Lipinski definition) is 4. The zero-order valence-electron chi connectivity index (χ0n) is 17.9. The van der Waals surface area contributed by atoms with E-state index in [1.165, 1.54) is 12.1 Å². The predicted molar refractivity (Wildman–Crippen MR) is 122 cm³/mol. The summed E-state index contributed by atoms with van der Waals surface area (Å²) in [5.74, 6) is 0.163. The molecule has 3 aromatic rings. The lowest BCUT2D eigenvalue weighted by Crippen LogP contribution is -2.55. The van der Waals surface area contributed by atoms with Crippen LogP contribution >= 0.6 is 0 Å². The van der Waals surface area contributed by atoms with Crippen LogP contribution in [0.1, 0.15) is 41.7 Å². The Morgan fingerprint density at radius 2 is 1.81 bits per heavy atom. The van der Waals surface area contributed by atoms with Gasteiger partial charge < -0.3 is 20.5 Å². The Balaban J connectivity index is 1.57. The molecule has 3 aromatic carbocycles. The number of benzene rings is 3. The van der Waals surface area contributed by atoms with Gasteiger partial charge >= 0.3 is 0 Å². The van der Waals surface area contributed by atoms with Crippen molar-refractivity contribution in [2.45, 2.75) is 31.5 Å². The van der Waals surface area contributed by atoms with Gasteiger partial charge in [0.1, 0.15) is 11.6 Å². The van der Waals surface area contributed by atoms with Gasteiger partial charge in [-0.3, -0.25) is 4.79 Å². The smallest absolute Gasteiger partial charge is 0.233 e. The SMILES string of the molecule is COc1ccc(C2C(CCC(O)c3ccc(F)cc3)C(=O)N2c2cccc(CN)c2)cc1. The van der Waals surface area contributed by atoms with Gasteiger partial charge in [-0.2, -0.15) is 0 Å². The van der Waals surface area contributed by atoms with E-state index in [0.717, 1.165) is 22.6 Å². The summed E-state index contributed by atoms with van der Waals surface area (Å²) < 4.78 is 18.5. The van der Waals surface area contributed by atoms with Crippen molar-refractivity contribution in [1.29, 1.82) is 0 Å². The lowest BCUT2D eigenvalue weighted by Gasteiger charge is -2.48. The number of aliphatic hydroxyl groups is 1. The van der Waals surface area contributed by atoms with E-state index < -0.39 is 6.10 Å². The number of ether oxygens (including phenoxy) is 1. The molecule has 6 heteroatoms. The molecular formula is C26H27FN2O3. The maximum atomic E-state index is 13.2. The summed E-state index contributed by atoms with van der Waals surface area (Å²) in [5.41, 5.74) is 9.22. The first kappa shape index (κ1) is 22.0. The highest BCUT2D eigenvalue weighted by Crippen LogP contribution is 2.46. The van der Waals surface area contributed by atoms with Crippen molar-refractivity contribution in [1.82, 2.24) is 0 Å². The molecular weight excluding hydrogens is 407 g/mol. The highest BCUT2D eigenvalue weighted by atomic mass is 19.1. The van der Waals surface area contributed by atoms with E-state index in [4.69, 9.17) is 10.5 Å². The topological polar surface area (TPSA) is 75.8 Å². The first-order valence-electron chi connectivity index (χ1n) is 10.7. The number of carbonyl (C=O) groups is 1. The Morgan fingerprint density at radius 1 is 1.09 bits per heavy atom. The minimum atomic E-state index is -0.755. The highest BCUT2D eigenvalue weighted by molar-refractivity contribution is 6.03. The van der Waals surface area contributed by atoms with Crippen LogP contribution in [-0.2, 0) is 11.3 Å². The molecule has 0 saturated carbocycles. The molecule has 1 aliphatic rings. The average molecular weight is 435 g/mol. The molecule has 1 fully saturated rings. The van der Waals surface area contributed by atoms with Crippen LogP contribution in [0.3, 0.4) is 0 Å². The highest BCUT2D eigenvalue weighted by Gasteiger charge is 2.48. The van der Waals surface area contributed by atoms with Crippen molar-refractivity contribution in [2.24, 2.45) is 11.7 Å². The van der Waals surface area contributed by atoms with E-state index in [-0.39, 0.29) is 23.7 Å². The third kappa shape index (κ3) is 4.38. The monoisotopic (exact) mass is 434 g/mol. The van der Waals surface area contributed by atoms with Crippen molar-refractivity contribution < 1.29 is 19.0 Å².